The minimum Gasteiger partial charge on any atom is -0.370 e. The average Bonchev–Trinajstić information content (AvgIpc) is 2.78. The summed E-state index contributed by atoms with van der Waals surface area (Å²) < 4.78 is 2.95. The molecule has 3 aromatic rings. The Morgan fingerprint density at radius 3 is 2.52 bits per heavy atom. The summed E-state index contributed by atoms with van der Waals surface area (Å²) in [4.78, 5) is 0. The van der Waals surface area contributed by atoms with E-state index in [4.69, 9.17) is 28.3 Å². The van der Waals surface area contributed by atoms with Crippen LogP contribution in [-0.4, -0.2) is 16.3 Å². The van der Waals surface area contributed by atoms with E-state index in [0.717, 1.165) is 53.0 Å². The van der Waals surface area contributed by atoms with Crippen LogP contribution in [0.4, 0.5) is 5.82 Å². The van der Waals surface area contributed by atoms with Gasteiger partial charge in [-0.15, -0.1) is 0 Å². The average molecular weight is 437 g/mol. The highest BCUT2D eigenvalue weighted by Crippen LogP contribution is 2.41. The number of nitrogens with zero attached hydrogens (tertiary/aromatic N) is 2. The van der Waals surface area contributed by atoms with Crippen molar-refractivity contribution >= 4 is 44.9 Å². The lowest BCUT2D eigenvalue weighted by Gasteiger charge is -2.10. The number of anilines is 1. The number of benzene rings is 2. The van der Waals surface area contributed by atoms with Crippen LogP contribution in [-0.2, 0) is 6.42 Å². The summed E-state index contributed by atoms with van der Waals surface area (Å²) >= 11 is 16.6. The Balaban J connectivity index is 1.99. The quantitative estimate of drug-likeness (QED) is 0.506. The second-order valence-electron chi connectivity index (χ2n) is 6.02. The van der Waals surface area contributed by atoms with Gasteiger partial charge < -0.3 is 5.32 Å². The molecule has 0 aliphatic carbocycles. The normalized spacial score (nSPS) is 13.9. The van der Waals surface area contributed by atoms with Gasteiger partial charge in [0.25, 0.3) is 0 Å². The molecule has 1 N–H and O–H groups in total. The molecule has 25 heavy (non-hydrogen) atoms. The van der Waals surface area contributed by atoms with Gasteiger partial charge in [0, 0.05) is 22.1 Å². The number of nitrogens with one attached hydrogen (secondary N) is 1. The Hall–Kier alpha value is -1.49. The van der Waals surface area contributed by atoms with E-state index in [0.29, 0.717) is 10.0 Å². The SMILES string of the molecule is Clc1cccc(Cl)c1-c1nn(-c2ccccc2Br)c2c1CCCCN2. The van der Waals surface area contributed by atoms with Crippen LogP contribution in [0.1, 0.15) is 18.4 Å². The molecule has 0 saturated heterocycles. The molecular weight excluding hydrogens is 421 g/mol. The molecular formula is C19H16BrCl2N3. The van der Waals surface area contributed by atoms with E-state index in [9.17, 15) is 0 Å². The first-order valence-electron chi connectivity index (χ1n) is 8.22. The molecule has 4 rings (SSSR count). The van der Waals surface area contributed by atoms with Crippen molar-refractivity contribution in [1.29, 1.82) is 0 Å². The molecule has 1 aliphatic rings. The number of fused-ring (bicyclic) bond motifs is 1. The molecule has 1 aliphatic heterocycles. The number of aromatic nitrogens is 2. The maximum absolute atomic E-state index is 6.47. The van der Waals surface area contributed by atoms with Gasteiger partial charge in [0.2, 0.25) is 0 Å². The first-order chi connectivity index (χ1) is 12.2. The Morgan fingerprint density at radius 1 is 1.00 bits per heavy atom. The van der Waals surface area contributed by atoms with Gasteiger partial charge in [-0.2, -0.15) is 5.10 Å². The van der Waals surface area contributed by atoms with Crippen molar-refractivity contribution in [3.8, 4) is 16.9 Å². The van der Waals surface area contributed by atoms with Crippen molar-refractivity contribution in [3.05, 3.63) is 62.5 Å². The summed E-state index contributed by atoms with van der Waals surface area (Å²) in [5, 5.41) is 9.70. The lowest BCUT2D eigenvalue weighted by molar-refractivity contribution is 0.780. The molecule has 128 valence electrons. The van der Waals surface area contributed by atoms with Crippen LogP contribution in [0.25, 0.3) is 16.9 Å². The van der Waals surface area contributed by atoms with Gasteiger partial charge in [0.15, 0.2) is 0 Å². The molecule has 0 saturated carbocycles. The lowest BCUT2D eigenvalue weighted by Crippen LogP contribution is -2.07. The lowest BCUT2D eigenvalue weighted by atomic mass is 10.0. The summed E-state index contributed by atoms with van der Waals surface area (Å²) in [6, 6.07) is 13.6. The Bertz CT molecular complexity index is 916. The maximum Gasteiger partial charge on any atom is 0.133 e. The minimum atomic E-state index is 0.622. The first kappa shape index (κ1) is 17.0. The molecule has 2 heterocycles. The van der Waals surface area contributed by atoms with Crippen molar-refractivity contribution in [2.75, 3.05) is 11.9 Å². The molecule has 6 heteroatoms. The molecule has 0 bridgehead atoms. The number of para-hydroxylation sites is 1. The van der Waals surface area contributed by atoms with Crippen LogP contribution in [0, 0.1) is 0 Å². The molecule has 0 spiro atoms. The van der Waals surface area contributed by atoms with Crippen LogP contribution in [0.2, 0.25) is 10.0 Å². The molecule has 0 atom stereocenters. The predicted molar refractivity (Wildman–Crippen MR) is 108 cm³/mol. The standard InChI is InChI=1S/C19H16BrCl2N3/c20-13-7-1-2-10-16(13)25-19-12(6-3-4-11-23-19)18(24-25)17-14(21)8-5-9-15(17)22/h1-2,5,7-10,23H,3-4,6,11H2. The zero-order valence-corrected chi connectivity index (χ0v) is 16.5. The molecule has 3 nitrogen and oxygen atoms in total. The Labute approximate surface area is 165 Å². The smallest absolute Gasteiger partial charge is 0.133 e. The van der Waals surface area contributed by atoms with Crippen molar-refractivity contribution in [2.45, 2.75) is 19.3 Å². The monoisotopic (exact) mass is 435 g/mol. The highest BCUT2D eigenvalue weighted by Gasteiger charge is 2.24. The maximum atomic E-state index is 6.47. The summed E-state index contributed by atoms with van der Waals surface area (Å²) in [5.41, 5.74) is 3.82. The number of rotatable bonds is 2. The minimum absolute atomic E-state index is 0.622. The van der Waals surface area contributed by atoms with Gasteiger partial charge in [-0.25, -0.2) is 4.68 Å². The van der Waals surface area contributed by atoms with Crippen LogP contribution < -0.4 is 5.32 Å². The number of hydrogen-bond acceptors (Lipinski definition) is 2. The summed E-state index contributed by atoms with van der Waals surface area (Å²) in [7, 11) is 0. The Kier molecular flexibility index (Phi) is 4.76. The van der Waals surface area contributed by atoms with Gasteiger partial charge in [0.1, 0.15) is 11.5 Å². The highest BCUT2D eigenvalue weighted by molar-refractivity contribution is 9.10. The number of hydrogen-bond donors (Lipinski definition) is 1. The molecule has 0 fully saturated rings. The van der Waals surface area contributed by atoms with E-state index in [-0.39, 0.29) is 0 Å². The van der Waals surface area contributed by atoms with E-state index in [1.165, 1.54) is 5.56 Å². The van der Waals surface area contributed by atoms with Crippen molar-refractivity contribution in [3.63, 3.8) is 0 Å². The highest BCUT2D eigenvalue weighted by atomic mass is 79.9. The van der Waals surface area contributed by atoms with E-state index < -0.39 is 0 Å². The fourth-order valence-corrected chi connectivity index (χ4v) is 4.25. The topological polar surface area (TPSA) is 29.9 Å². The third-order valence-corrected chi connectivity index (χ3v) is 5.71. The molecule has 0 amide bonds. The van der Waals surface area contributed by atoms with Crippen molar-refractivity contribution in [1.82, 2.24) is 9.78 Å². The van der Waals surface area contributed by atoms with Gasteiger partial charge in [-0.05, 0) is 59.5 Å². The summed E-state index contributed by atoms with van der Waals surface area (Å²) in [6.07, 6.45) is 3.18. The summed E-state index contributed by atoms with van der Waals surface area (Å²) in [6.45, 7) is 0.929. The third kappa shape index (κ3) is 3.07. The van der Waals surface area contributed by atoms with E-state index in [2.05, 4.69) is 21.2 Å². The first-order valence-corrected chi connectivity index (χ1v) is 9.77. The van der Waals surface area contributed by atoms with Gasteiger partial charge >= 0.3 is 0 Å². The Morgan fingerprint density at radius 2 is 1.76 bits per heavy atom. The van der Waals surface area contributed by atoms with Gasteiger partial charge in [0.05, 0.1) is 15.7 Å². The zero-order valence-electron chi connectivity index (χ0n) is 13.4. The molecule has 2 aromatic carbocycles. The second-order valence-corrected chi connectivity index (χ2v) is 7.69. The largest absolute Gasteiger partial charge is 0.370 e. The van der Waals surface area contributed by atoms with Crippen LogP contribution >= 0.6 is 39.1 Å². The van der Waals surface area contributed by atoms with Crippen LogP contribution in [0.3, 0.4) is 0 Å². The number of halogens is 3. The molecule has 1 aromatic heterocycles. The zero-order chi connectivity index (χ0) is 17.4. The summed E-state index contributed by atoms with van der Waals surface area (Å²) in [5.74, 6) is 1.02. The predicted octanol–water partition coefficient (Wildman–Crippen LogP) is 6.36. The molecule has 0 unspecified atom stereocenters. The van der Waals surface area contributed by atoms with Gasteiger partial charge in [-0.3, -0.25) is 0 Å². The van der Waals surface area contributed by atoms with Crippen LogP contribution in [0.5, 0.6) is 0 Å². The molecule has 0 radical (unpaired) electrons. The third-order valence-electron chi connectivity index (χ3n) is 4.41. The second kappa shape index (κ2) is 7.02. The van der Waals surface area contributed by atoms with E-state index >= 15 is 0 Å². The van der Waals surface area contributed by atoms with Crippen molar-refractivity contribution in [2.24, 2.45) is 0 Å². The van der Waals surface area contributed by atoms with E-state index in [1.807, 2.05) is 47.1 Å². The van der Waals surface area contributed by atoms with Crippen LogP contribution in [0.15, 0.2) is 46.9 Å². The van der Waals surface area contributed by atoms with Gasteiger partial charge in [-0.1, -0.05) is 41.4 Å². The van der Waals surface area contributed by atoms with E-state index in [1.54, 1.807) is 0 Å². The van der Waals surface area contributed by atoms with Crippen molar-refractivity contribution < 1.29 is 0 Å². The fourth-order valence-electron chi connectivity index (χ4n) is 3.23. The fraction of sp³-hybridized carbons (Fsp3) is 0.211.